The SMILES string of the molecule is N#CNC(=NC1C[C@H]2CC[C@@H]1C2)Nc1ccc(N)nc1. The second-order valence-electron chi connectivity index (χ2n) is 5.55. The number of anilines is 2. The molecule has 2 aliphatic carbocycles. The van der Waals surface area contributed by atoms with Crippen LogP contribution >= 0.6 is 0 Å². The van der Waals surface area contributed by atoms with Gasteiger partial charge in [0, 0.05) is 0 Å². The van der Waals surface area contributed by atoms with Gasteiger partial charge in [0.1, 0.15) is 5.82 Å². The van der Waals surface area contributed by atoms with Gasteiger partial charge >= 0.3 is 0 Å². The van der Waals surface area contributed by atoms with E-state index in [1.54, 1.807) is 12.3 Å². The molecule has 0 spiro atoms. The van der Waals surface area contributed by atoms with Gasteiger partial charge in [0.25, 0.3) is 0 Å². The molecular formula is C14H18N6. The third-order valence-corrected chi connectivity index (χ3v) is 4.22. The molecule has 4 N–H and O–H groups in total. The van der Waals surface area contributed by atoms with Gasteiger partial charge < -0.3 is 11.1 Å². The summed E-state index contributed by atoms with van der Waals surface area (Å²) in [5, 5.41) is 14.6. The molecule has 6 nitrogen and oxygen atoms in total. The largest absolute Gasteiger partial charge is 0.384 e. The van der Waals surface area contributed by atoms with Gasteiger partial charge in [-0.1, -0.05) is 6.42 Å². The lowest BCUT2D eigenvalue weighted by Gasteiger charge is -2.19. The number of nitrogens with one attached hydrogen (secondary N) is 2. The van der Waals surface area contributed by atoms with Crippen LogP contribution in [-0.2, 0) is 0 Å². The molecule has 1 unspecified atom stereocenters. The highest BCUT2D eigenvalue weighted by molar-refractivity contribution is 5.94. The van der Waals surface area contributed by atoms with Crippen LogP contribution < -0.4 is 16.4 Å². The average molecular weight is 270 g/mol. The fourth-order valence-electron chi connectivity index (χ4n) is 3.30. The van der Waals surface area contributed by atoms with Crippen molar-refractivity contribution in [3.8, 4) is 6.19 Å². The van der Waals surface area contributed by atoms with Crippen molar-refractivity contribution in [1.29, 1.82) is 5.26 Å². The standard InChI is InChI=1S/C14H18N6/c15-8-18-14(19-11-3-4-13(16)17-7-11)20-12-6-9-1-2-10(12)5-9/h3-4,7,9-10,12H,1-2,5-6H2,(H2,16,17)(H2,18,19,20)/t9-,10+,12?/m0/s1. The van der Waals surface area contributed by atoms with E-state index in [-0.39, 0.29) is 0 Å². The summed E-state index contributed by atoms with van der Waals surface area (Å²) < 4.78 is 0. The minimum Gasteiger partial charge on any atom is -0.384 e. The molecule has 0 saturated heterocycles. The Morgan fingerprint density at radius 2 is 2.30 bits per heavy atom. The summed E-state index contributed by atoms with van der Waals surface area (Å²) in [7, 11) is 0. The van der Waals surface area contributed by atoms with Crippen LogP contribution in [0.3, 0.4) is 0 Å². The third kappa shape index (κ3) is 2.67. The molecule has 0 amide bonds. The van der Waals surface area contributed by atoms with Crippen molar-refractivity contribution in [2.45, 2.75) is 31.7 Å². The van der Waals surface area contributed by atoms with Gasteiger partial charge in [-0.05, 0) is 43.2 Å². The lowest BCUT2D eigenvalue weighted by molar-refractivity contribution is 0.420. The molecule has 0 radical (unpaired) electrons. The number of nitrogens with zero attached hydrogens (tertiary/aromatic N) is 3. The van der Waals surface area contributed by atoms with Gasteiger partial charge in [0.2, 0.25) is 5.96 Å². The van der Waals surface area contributed by atoms with Crippen LogP contribution in [0.15, 0.2) is 23.3 Å². The number of nitrogens with two attached hydrogens (primary N) is 1. The number of aliphatic imine (C=N–C) groups is 1. The van der Waals surface area contributed by atoms with Crippen molar-refractivity contribution in [3.63, 3.8) is 0 Å². The summed E-state index contributed by atoms with van der Waals surface area (Å²) in [6.45, 7) is 0. The van der Waals surface area contributed by atoms with Gasteiger partial charge in [-0.25, -0.2) is 9.98 Å². The zero-order valence-corrected chi connectivity index (χ0v) is 11.2. The molecule has 0 aromatic carbocycles. The molecule has 104 valence electrons. The third-order valence-electron chi connectivity index (χ3n) is 4.22. The van der Waals surface area contributed by atoms with Crippen LogP contribution in [0.1, 0.15) is 25.7 Å². The predicted octanol–water partition coefficient (Wildman–Crippen LogP) is 1.69. The first-order valence-corrected chi connectivity index (χ1v) is 6.96. The van der Waals surface area contributed by atoms with Crippen molar-refractivity contribution in [1.82, 2.24) is 10.3 Å². The molecule has 2 aliphatic rings. The van der Waals surface area contributed by atoms with Crippen LogP contribution in [0.2, 0.25) is 0 Å². The molecule has 1 heterocycles. The Bertz CT molecular complexity index is 544. The minimum atomic E-state index is 0.332. The van der Waals surface area contributed by atoms with Crippen molar-refractivity contribution in [3.05, 3.63) is 18.3 Å². The van der Waals surface area contributed by atoms with E-state index in [1.807, 2.05) is 12.3 Å². The number of fused-ring (bicyclic) bond motifs is 2. The Morgan fingerprint density at radius 1 is 1.40 bits per heavy atom. The number of rotatable bonds is 2. The Morgan fingerprint density at radius 3 is 2.90 bits per heavy atom. The number of hydrogen-bond acceptors (Lipinski definition) is 4. The number of aromatic nitrogens is 1. The van der Waals surface area contributed by atoms with Crippen molar-refractivity contribution in [2.75, 3.05) is 11.1 Å². The average Bonchev–Trinajstić information content (AvgIpc) is 3.04. The van der Waals surface area contributed by atoms with Crippen LogP contribution in [0.25, 0.3) is 0 Å². The first kappa shape index (κ1) is 12.7. The van der Waals surface area contributed by atoms with Gasteiger partial charge in [0.15, 0.2) is 6.19 Å². The van der Waals surface area contributed by atoms with E-state index in [0.29, 0.717) is 23.7 Å². The van der Waals surface area contributed by atoms with Gasteiger partial charge in [0.05, 0.1) is 17.9 Å². The number of nitrogen functional groups attached to an aromatic ring is 1. The second-order valence-corrected chi connectivity index (χ2v) is 5.55. The zero-order valence-electron chi connectivity index (χ0n) is 11.2. The Balaban J connectivity index is 1.72. The van der Waals surface area contributed by atoms with Crippen molar-refractivity contribution < 1.29 is 0 Å². The maximum atomic E-state index is 8.85. The first-order valence-electron chi connectivity index (χ1n) is 6.96. The molecule has 2 bridgehead atoms. The molecular weight excluding hydrogens is 252 g/mol. The number of guanidine groups is 1. The summed E-state index contributed by atoms with van der Waals surface area (Å²) in [5.74, 6) is 2.48. The molecule has 1 aromatic heterocycles. The molecule has 20 heavy (non-hydrogen) atoms. The van der Waals surface area contributed by atoms with E-state index in [1.165, 1.54) is 19.3 Å². The van der Waals surface area contributed by atoms with E-state index < -0.39 is 0 Å². The van der Waals surface area contributed by atoms with Crippen LogP contribution in [0, 0.1) is 23.3 Å². The maximum absolute atomic E-state index is 8.85. The van der Waals surface area contributed by atoms with Crippen LogP contribution in [-0.4, -0.2) is 17.0 Å². The van der Waals surface area contributed by atoms with Gasteiger partial charge in [-0.3, -0.25) is 5.32 Å². The smallest absolute Gasteiger partial charge is 0.209 e. The fraction of sp³-hybridized carbons (Fsp3) is 0.500. The molecule has 6 heteroatoms. The summed E-state index contributed by atoms with van der Waals surface area (Å²) >= 11 is 0. The molecule has 2 fully saturated rings. The highest BCUT2D eigenvalue weighted by Crippen LogP contribution is 2.45. The van der Waals surface area contributed by atoms with E-state index in [0.717, 1.165) is 18.0 Å². The minimum absolute atomic E-state index is 0.332. The van der Waals surface area contributed by atoms with Crippen molar-refractivity contribution in [2.24, 2.45) is 16.8 Å². The van der Waals surface area contributed by atoms with E-state index in [4.69, 9.17) is 11.0 Å². The summed E-state index contributed by atoms with van der Waals surface area (Å²) in [6, 6.07) is 3.86. The highest BCUT2D eigenvalue weighted by atomic mass is 15.2. The molecule has 3 atom stereocenters. The maximum Gasteiger partial charge on any atom is 0.209 e. The molecule has 2 saturated carbocycles. The number of nitriles is 1. The van der Waals surface area contributed by atoms with E-state index in [2.05, 4.69) is 20.6 Å². The summed E-state index contributed by atoms with van der Waals surface area (Å²) in [5.41, 5.74) is 6.32. The fourth-order valence-corrected chi connectivity index (χ4v) is 3.30. The summed E-state index contributed by atoms with van der Waals surface area (Å²) in [4.78, 5) is 8.69. The Kier molecular flexibility index (Phi) is 3.42. The summed E-state index contributed by atoms with van der Waals surface area (Å²) in [6.07, 6.45) is 8.60. The van der Waals surface area contributed by atoms with Gasteiger partial charge in [-0.15, -0.1) is 0 Å². The first-order chi connectivity index (χ1) is 9.74. The normalized spacial score (nSPS) is 28.1. The highest BCUT2D eigenvalue weighted by Gasteiger charge is 2.39. The second kappa shape index (κ2) is 5.37. The number of hydrogen-bond donors (Lipinski definition) is 3. The van der Waals surface area contributed by atoms with Crippen molar-refractivity contribution >= 4 is 17.5 Å². The molecule has 1 aromatic rings. The lowest BCUT2D eigenvalue weighted by Crippen LogP contribution is -2.30. The Hall–Kier alpha value is -2.29. The van der Waals surface area contributed by atoms with E-state index >= 15 is 0 Å². The van der Waals surface area contributed by atoms with Crippen LogP contribution in [0.5, 0.6) is 0 Å². The predicted molar refractivity (Wildman–Crippen MR) is 77.7 cm³/mol. The van der Waals surface area contributed by atoms with E-state index in [9.17, 15) is 0 Å². The molecule has 3 rings (SSSR count). The quantitative estimate of drug-likeness (QED) is 0.329. The topological polar surface area (TPSA) is 99.1 Å². The number of pyridine rings is 1. The van der Waals surface area contributed by atoms with Gasteiger partial charge in [-0.2, -0.15) is 5.26 Å². The van der Waals surface area contributed by atoms with Crippen LogP contribution in [0.4, 0.5) is 11.5 Å². The zero-order chi connectivity index (χ0) is 13.9. The Labute approximate surface area is 118 Å². The molecule has 0 aliphatic heterocycles. The lowest BCUT2D eigenvalue weighted by atomic mass is 9.96. The monoisotopic (exact) mass is 270 g/mol.